The van der Waals surface area contributed by atoms with Gasteiger partial charge >= 0.3 is 5.97 Å². The highest BCUT2D eigenvalue weighted by Gasteiger charge is 2.35. The van der Waals surface area contributed by atoms with E-state index in [1.807, 2.05) is 0 Å². The average Bonchev–Trinajstić information content (AvgIpc) is 3.50. The first-order valence-electron chi connectivity index (χ1n) is 9.74. The fourth-order valence-electron chi connectivity index (χ4n) is 4.25. The summed E-state index contributed by atoms with van der Waals surface area (Å²) in [4.78, 5) is 39.0. The van der Waals surface area contributed by atoms with Gasteiger partial charge in [-0.15, -0.1) is 0 Å². The van der Waals surface area contributed by atoms with Crippen molar-refractivity contribution in [3.8, 4) is 0 Å². The van der Waals surface area contributed by atoms with E-state index >= 15 is 8.78 Å². The van der Waals surface area contributed by atoms with Crippen LogP contribution >= 0.6 is 0 Å². The molecule has 1 aromatic carbocycles. The number of carboxylic acids is 1. The fraction of sp³-hybridized carbons (Fsp3) is 0.450. The summed E-state index contributed by atoms with van der Waals surface area (Å²) in [5.41, 5.74) is 3.25. The molecule has 160 valence electrons. The Hall–Kier alpha value is -3.17. The molecule has 1 aliphatic carbocycles. The number of nitrogen functional groups attached to an aromatic ring is 1. The minimum Gasteiger partial charge on any atom is -0.477 e. The van der Waals surface area contributed by atoms with Crippen molar-refractivity contribution in [2.45, 2.75) is 38.8 Å². The van der Waals surface area contributed by atoms with Crippen LogP contribution in [0.25, 0.3) is 10.9 Å². The zero-order valence-corrected chi connectivity index (χ0v) is 16.6. The second-order valence-corrected chi connectivity index (χ2v) is 7.94. The second-order valence-electron chi connectivity index (χ2n) is 7.94. The number of nitrogens with zero attached hydrogens (tertiary/aromatic N) is 3. The molecule has 2 fully saturated rings. The first kappa shape index (κ1) is 20.1. The Morgan fingerprint density at radius 3 is 2.40 bits per heavy atom. The standard InChI is InChI=1S/C20H22F2N4O4/c1-9-7-24(5-6-25(9)10(2)27)18-14(21)16(23)13-17(15(18)22)26(11-3-4-11)8-12(19(13)28)20(29)30/h8-9,11H,3-7,23H2,1-2H3,(H,29,30). The molecule has 0 radical (unpaired) electrons. The van der Waals surface area contributed by atoms with Crippen LogP contribution in [0.2, 0.25) is 0 Å². The van der Waals surface area contributed by atoms with Crippen molar-refractivity contribution in [3.05, 3.63) is 33.6 Å². The summed E-state index contributed by atoms with van der Waals surface area (Å²) >= 11 is 0. The molecule has 1 saturated carbocycles. The lowest BCUT2D eigenvalue weighted by Crippen LogP contribution is -2.54. The Kier molecular flexibility index (Phi) is 4.67. The van der Waals surface area contributed by atoms with E-state index in [-0.39, 0.29) is 42.3 Å². The molecule has 1 atom stereocenters. The average molecular weight is 420 g/mol. The maximum atomic E-state index is 15.7. The van der Waals surface area contributed by atoms with Gasteiger partial charge in [0.05, 0.1) is 16.6 Å². The van der Waals surface area contributed by atoms with Gasteiger partial charge in [-0.25, -0.2) is 13.6 Å². The predicted molar refractivity (Wildman–Crippen MR) is 107 cm³/mol. The lowest BCUT2D eigenvalue weighted by molar-refractivity contribution is -0.131. The molecule has 4 rings (SSSR count). The Labute approximate surface area is 170 Å². The van der Waals surface area contributed by atoms with Crippen LogP contribution in [0.1, 0.15) is 43.1 Å². The van der Waals surface area contributed by atoms with Crippen LogP contribution in [0.4, 0.5) is 20.2 Å². The van der Waals surface area contributed by atoms with Crippen molar-refractivity contribution in [1.82, 2.24) is 9.47 Å². The number of aromatic carboxylic acids is 1. The van der Waals surface area contributed by atoms with Crippen LogP contribution in [0, 0.1) is 11.6 Å². The van der Waals surface area contributed by atoms with E-state index in [4.69, 9.17) is 5.73 Å². The molecular weight excluding hydrogens is 398 g/mol. The van der Waals surface area contributed by atoms with Crippen molar-refractivity contribution in [2.24, 2.45) is 0 Å². The van der Waals surface area contributed by atoms with Crippen molar-refractivity contribution in [2.75, 3.05) is 30.3 Å². The summed E-state index contributed by atoms with van der Waals surface area (Å²) < 4.78 is 32.3. The number of carbonyl (C=O) groups excluding carboxylic acids is 1. The zero-order valence-electron chi connectivity index (χ0n) is 16.6. The van der Waals surface area contributed by atoms with Gasteiger partial charge in [-0.2, -0.15) is 0 Å². The van der Waals surface area contributed by atoms with Crippen LogP contribution in [0.3, 0.4) is 0 Å². The second kappa shape index (κ2) is 6.96. The highest BCUT2D eigenvalue weighted by atomic mass is 19.1. The van der Waals surface area contributed by atoms with Crippen LogP contribution in [-0.2, 0) is 4.79 Å². The Balaban J connectivity index is 1.95. The van der Waals surface area contributed by atoms with Crippen molar-refractivity contribution in [1.29, 1.82) is 0 Å². The quantitative estimate of drug-likeness (QED) is 0.735. The van der Waals surface area contributed by atoms with E-state index in [1.165, 1.54) is 16.4 Å². The van der Waals surface area contributed by atoms with Gasteiger partial charge in [-0.1, -0.05) is 0 Å². The van der Waals surface area contributed by atoms with E-state index in [9.17, 15) is 19.5 Å². The molecule has 2 heterocycles. The number of halogens is 2. The molecule has 1 aliphatic heterocycles. The van der Waals surface area contributed by atoms with Gasteiger partial charge in [0.2, 0.25) is 11.3 Å². The SMILES string of the molecule is CC(=O)N1CCN(c2c(F)c(N)c3c(=O)c(C(=O)O)cn(C4CC4)c3c2F)CC1C. The van der Waals surface area contributed by atoms with Gasteiger partial charge in [-0.05, 0) is 19.8 Å². The number of nitrogens with two attached hydrogens (primary N) is 1. The number of rotatable bonds is 3. The van der Waals surface area contributed by atoms with E-state index in [0.29, 0.717) is 19.4 Å². The number of benzene rings is 1. The number of carboxylic acid groups (broad SMARTS) is 1. The highest BCUT2D eigenvalue weighted by Crippen LogP contribution is 2.41. The predicted octanol–water partition coefficient (Wildman–Crippen LogP) is 1.95. The first-order valence-corrected chi connectivity index (χ1v) is 9.74. The van der Waals surface area contributed by atoms with Gasteiger partial charge in [0.1, 0.15) is 11.3 Å². The largest absolute Gasteiger partial charge is 0.477 e. The molecule has 30 heavy (non-hydrogen) atoms. The van der Waals surface area contributed by atoms with Crippen LogP contribution in [-0.4, -0.2) is 52.1 Å². The molecule has 1 saturated heterocycles. The lowest BCUT2D eigenvalue weighted by Gasteiger charge is -2.41. The van der Waals surface area contributed by atoms with Crippen molar-refractivity contribution in [3.63, 3.8) is 0 Å². The third kappa shape index (κ3) is 2.98. The summed E-state index contributed by atoms with van der Waals surface area (Å²) in [5.74, 6) is -3.63. The molecule has 2 aromatic rings. The van der Waals surface area contributed by atoms with Crippen LogP contribution in [0.5, 0.6) is 0 Å². The minimum absolute atomic E-state index is 0.120. The maximum Gasteiger partial charge on any atom is 0.341 e. The highest BCUT2D eigenvalue weighted by molar-refractivity contribution is 5.99. The number of aromatic nitrogens is 1. The van der Waals surface area contributed by atoms with Crippen molar-refractivity contribution >= 4 is 34.2 Å². The number of carbonyl (C=O) groups is 2. The first-order chi connectivity index (χ1) is 14.1. The normalized spacial score (nSPS) is 19.4. The molecule has 3 N–H and O–H groups in total. The number of anilines is 2. The van der Waals surface area contributed by atoms with Gasteiger partial charge in [0, 0.05) is 44.8 Å². The Morgan fingerprint density at radius 2 is 1.87 bits per heavy atom. The van der Waals surface area contributed by atoms with Gasteiger partial charge in [-0.3, -0.25) is 9.59 Å². The maximum absolute atomic E-state index is 15.7. The third-order valence-electron chi connectivity index (χ3n) is 5.88. The third-order valence-corrected chi connectivity index (χ3v) is 5.88. The molecular formula is C20H22F2N4O4. The van der Waals surface area contributed by atoms with Crippen molar-refractivity contribution < 1.29 is 23.5 Å². The van der Waals surface area contributed by atoms with Gasteiger partial charge in [0.15, 0.2) is 11.6 Å². The number of pyridine rings is 1. The van der Waals surface area contributed by atoms with Crippen LogP contribution in [0.15, 0.2) is 11.0 Å². The molecule has 1 amide bonds. The van der Waals surface area contributed by atoms with E-state index in [2.05, 4.69) is 0 Å². The van der Waals surface area contributed by atoms with E-state index in [1.54, 1.807) is 11.8 Å². The lowest BCUT2D eigenvalue weighted by atomic mass is 10.0. The molecule has 1 aromatic heterocycles. The minimum atomic E-state index is -1.48. The Morgan fingerprint density at radius 1 is 1.20 bits per heavy atom. The van der Waals surface area contributed by atoms with Gasteiger partial charge < -0.3 is 25.2 Å². The monoisotopic (exact) mass is 420 g/mol. The summed E-state index contributed by atoms with van der Waals surface area (Å²) in [6.45, 7) is 3.91. The summed E-state index contributed by atoms with van der Waals surface area (Å²) in [7, 11) is 0. The number of fused-ring (bicyclic) bond motifs is 1. The smallest absolute Gasteiger partial charge is 0.341 e. The number of piperazine rings is 1. The van der Waals surface area contributed by atoms with E-state index in [0.717, 1.165) is 6.20 Å². The van der Waals surface area contributed by atoms with Crippen LogP contribution < -0.4 is 16.1 Å². The van der Waals surface area contributed by atoms with Gasteiger partial charge in [0.25, 0.3) is 0 Å². The molecule has 8 nitrogen and oxygen atoms in total. The molecule has 10 heteroatoms. The molecule has 0 bridgehead atoms. The number of hydrogen-bond acceptors (Lipinski definition) is 5. The summed E-state index contributed by atoms with van der Waals surface area (Å²) in [5, 5.41) is 8.91. The summed E-state index contributed by atoms with van der Waals surface area (Å²) in [6.07, 6.45) is 2.50. The number of amides is 1. The molecule has 2 aliphatic rings. The molecule has 1 unspecified atom stereocenters. The fourth-order valence-corrected chi connectivity index (χ4v) is 4.25. The zero-order chi connectivity index (χ0) is 21.9. The Bertz CT molecular complexity index is 1140. The summed E-state index contributed by atoms with van der Waals surface area (Å²) in [6, 6.07) is -0.445. The van der Waals surface area contributed by atoms with E-state index < -0.39 is 39.7 Å². The number of hydrogen-bond donors (Lipinski definition) is 2. The topological polar surface area (TPSA) is 109 Å². The molecule has 0 spiro atoms.